The first-order valence-electron chi connectivity index (χ1n) is 8.41. The predicted octanol–water partition coefficient (Wildman–Crippen LogP) is 0.826. The Hall–Kier alpha value is -2.13. The minimum absolute atomic E-state index is 0.0759. The van der Waals surface area contributed by atoms with Crippen LogP contribution < -0.4 is 10.1 Å². The van der Waals surface area contributed by atoms with Gasteiger partial charge in [-0.3, -0.25) is 4.79 Å². The van der Waals surface area contributed by atoms with E-state index in [2.05, 4.69) is 5.32 Å². The number of ether oxygens (including phenoxy) is 1. The highest BCUT2D eigenvalue weighted by molar-refractivity contribution is 7.89. The van der Waals surface area contributed by atoms with Gasteiger partial charge in [0.15, 0.2) is 6.61 Å². The lowest BCUT2D eigenvalue weighted by molar-refractivity contribution is -0.139. The average Bonchev–Trinajstić information content (AvgIpc) is 2.90. The molecule has 1 atom stereocenters. The van der Waals surface area contributed by atoms with Crippen molar-refractivity contribution in [2.45, 2.75) is 32.9 Å². The molecular formula is C17H24N2O6S. The van der Waals surface area contributed by atoms with Crippen molar-refractivity contribution in [3.05, 3.63) is 29.8 Å². The van der Waals surface area contributed by atoms with Gasteiger partial charge in [-0.15, -0.1) is 0 Å². The molecule has 0 aromatic heterocycles. The second kappa shape index (κ2) is 8.50. The molecule has 26 heavy (non-hydrogen) atoms. The molecule has 1 aromatic rings. The van der Waals surface area contributed by atoms with Gasteiger partial charge >= 0.3 is 5.97 Å². The van der Waals surface area contributed by atoms with Crippen LogP contribution in [0.25, 0.3) is 0 Å². The molecule has 1 amide bonds. The molecule has 1 aromatic carbocycles. The van der Waals surface area contributed by atoms with E-state index in [-0.39, 0.29) is 24.1 Å². The van der Waals surface area contributed by atoms with Crippen LogP contribution in [0.15, 0.2) is 24.3 Å². The molecule has 0 aliphatic carbocycles. The summed E-state index contributed by atoms with van der Waals surface area (Å²) in [6.45, 7) is 3.74. The van der Waals surface area contributed by atoms with Crippen LogP contribution in [0.1, 0.15) is 25.8 Å². The standard InChI is InChI=1S/C17H24N2O6S/c1-12(2)16(19-7-4-8-26(19,23)24)17(22)18-10-13-5-3-6-14(9-13)25-11-15(20)21/h3,5-6,9,12,16H,4,7-8,10-11H2,1-2H3,(H,18,22)(H,20,21). The van der Waals surface area contributed by atoms with Gasteiger partial charge in [-0.25, -0.2) is 13.2 Å². The van der Waals surface area contributed by atoms with Gasteiger partial charge in [-0.1, -0.05) is 26.0 Å². The number of hydrogen-bond acceptors (Lipinski definition) is 5. The van der Waals surface area contributed by atoms with Crippen molar-refractivity contribution >= 4 is 21.9 Å². The minimum Gasteiger partial charge on any atom is -0.482 e. The Bertz CT molecular complexity index is 762. The maximum atomic E-state index is 12.6. The third kappa shape index (κ3) is 5.18. The lowest BCUT2D eigenvalue weighted by Crippen LogP contribution is -2.50. The number of amides is 1. The second-order valence-corrected chi connectivity index (χ2v) is 8.56. The van der Waals surface area contributed by atoms with Crippen molar-refractivity contribution in [3.8, 4) is 5.75 Å². The van der Waals surface area contributed by atoms with Gasteiger partial charge in [0.05, 0.1) is 5.75 Å². The number of aliphatic carboxylic acids is 1. The van der Waals surface area contributed by atoms with Crippen molar-refractivity contribution in [2.75, 3.05) is 18.9 Å². The fourth-order valence-corrected chi connectivity index (χ4v) is 4.74. The van der Waals surface area contributed by atoms with E-state index >= 15 is 0 Å². The Morgan fingerprint density at radius 2 is 2.08 bits per heavy atom. The lowest BCUT2D eigenvalue weighted by Gasteiger charge is -2.28. The van der Waals surface area contributed by atoms with E-state index in [1.54, 1.807) is 24.3 Å². The normalized spacial score (nSPS) is 17.8. The first kappa shape index (κ1) is 20.2. The summed E-state index contributed by atoms with van der Waals surface area (Å²) in [4.78, 5) is 23.2. The Labute approximate surface area is 153 Å². The van der Waals surface area contributed by atoms with Crippen molar-refractivity contribution in [1.29, 1.82) is 0 Å². The van der Waals surface area contributed by atoms with Crippen LogP contribution in [0.4, 0.5) is 0 Å². The second-order valence-electron chi connectivity index (χ2n) is 6.52. The van der Waals surface area contributed by atoms with E-state index in [0.717, 1.165) is 5.56 Å². The monoisotopic (exact) mass is 384 g/mol. The van der Waals surface area contributed by atoms with E-state index in [0.29, 0.717) is 18.7 Å². The first-order valence-corrected chi connectivity index (χ1v) is 10.0. The Balaban J connectivity index is 2.02. The number of carboxylic acid groups (broad SMARTS) is 1. The van der Waals surface area contributed by atoms with Gasteiger partial charge in [0.2, 0.25) is 15.9 Å². The van der Waals surface area contributed by atoms with E-state index < -0.39 is 28.6 Å². The Kier molecular flexibility index (Phi) is 6.60. The molecule has 9 heteroatoms. The van der Waals surface area contributed by atoms with Crippen LogP contribution in [0.2, 0.25) is 0 Å². The smallest absolute Gasteiger partial charge is 0.341 e. The van der Waals surface area contributed by atoms with Gasteiger partial charge in [0.25, 0.3) is 0 Å². The topological polar surface area (TPSA) is 113 Å². The Morgan fingerprint density at radius 3 is 2.65 bits per heavy atom. The number of rotatable bonds is 8. The highest BCUT2D eigenvalue weighted by Crippen LogP contribution is 2.22. The van der Waals surface area contributed by atoms with Gasteiger partial charge < -0.3 is 15.2 Å². The summed E-state index contributed by atoms with van der Waals surface area (Å²) in [5, 5.41) is 11.4. The molecule has 0 spiro atoms. The zero-order valence-corrected chi connectivity index (χ0v) is 15.7. The van der Waals surface area contributed by atoms with Crippen molar-refractivity contribution in [1.82, 2.24) is 9.62 Å². The maximum Gasteiger partial charge on any atom is 0.341 e. The molecular weight excluding hydrogens is 360 g/mol. The molecule has 1 saturated heterocycles. The molecule has 1 aliphatic rings. The van der Waals surface area contributed by atoms with Crippen molar-refractivity contribution < 1.29 is 27.9 Å². The highest BCUT2D eigenvalue weighted by Gasteiger charge is 2.39. The molecule has 0 bridgehead atoms. The maximum absolute atomic E-state index is 12.6. The summed E-state index contributed by atoms with van der Waals surface area (Å²) < 4.78 is 30.7. The Morgan fingerprint density at radius 1 is 1.35 bits per heavy atom. The van der Waals surface area contributed by atoms with Crippen LogP contribution in [-0.4, -0.2) is 54.7 Å². The van der Waals surface area contributed by atoms with E-state index in [1.165, 1.54) is 4.31 Å². The SMILES string of the molecule is CC(C)C(C(=O)NCc1cccc(OCC(=O)O)c1)N1CCCS1(=O)=O. The molecule has 1 fully saturated rings. The largest absolute Gasteiger partial charge is 0.482 e. The zero-order valence-electron chi connectivity index (χ0n) is 14.8. The average molecular weight is 384 g/mol. The molecule has 1 unspecified atom stereocenters. The van der Waals surface area contributed by atoms with Crippen molar-refractivity contribution in [2.24, 2.45) is 5.92 Å². The van der Waals surface area contributed by atoms with Crippen LogP contribution in [-0.2, 0) is 26.2 Å². The molecule has 0 radical (unpaired) electrons. The van der Waals surface area contributed by atoms with E-state index in [1.807, 2.05) is 13.8 Å². The van der Waals surface area contributed by atoms with Gasteiger partial charge in [0, 0.05) is 13.1 Å². The summed E-state index contributed by atoms with van der Waals surface area (Å²) >= 11 is 0. The van der Waals surface area contributed by atoms with E-state index in [4.69, 9.17) is 9.84 Å². The van der Waals surface area contributed by atoms with Crippen molar-refractivity contribution in [3.63, 3.8) is 0 Å². The first-order chi connectivity index (χ1) is 12.2. The molecule has 2 N–H and O–H groups in total. The minimum atomic E-state index is -3.38. The molecule has 1 heterocycles. The quantitative estimate of drug-likeness (QED) is 0.686. The number of sulfonamides is 1. The summed E-state index contributed by atoms with van der Waals surface area (Å²) in [7, 11) is -3.38. The number of carbonyl (C=O) groups is 2. The number of hydrogen-bond donors (Lipinski definition) is 2. The van der Waals surface area contributed by atoms with Gasteiger partial charge in [0.1, 0.15) is 11.8 Å². The number of nitrogens with one attached hydrogen (secondary N) is 1. The number of nitrogens with zero attached hydrogens (tertiary/aromatic N) is 1. The fraction of sp³-hybridized carbons (Fsp3) is 0.529. The molecule has 8 nitrogen and oxygen atoms in total. The number of carbonyl (C=O) groups excluding carboxylic acids is 1. The third-order valence-electron chi connectivity index (χ3n) is 4.08. The summed E-state index contributed by atoms with van der Waals surface area (Å²) in [5.41, 5.74) is 0.730. The molecule has 2 rings (SSSR count). The molecule has 144 valence electrons. The van der Waals surface area contributed by atoms with Crippen LogP contribution >= 0.6 is 0 Å². The van der Waals surface area contributed by atoms with E-state index in [9.17, 15) is 18.0 Å². The van der Waals surface area contributed by atoms with Gasteiger partial charge in [-0.2, -0.15) is 4.31 Å². The summed E-state index contributed by atoms with van der Waals surface area (Å²) in [6.07, 6.45) is 0.530. The lowest BCUT2D eigenvalue weighted by atomic mass is 10.0. The van der Waals surface area contributed by atoms with Crippen LogP contribution in [0, 0.1) is 5.92 Å². The summed E-state index contributed by atoms with van der Waals surface area (Å²) in [5.74, 6) is -1.11. The van der Waals surface area contributed by atoms with Crippen LogP contribution in [0.5, 0.6) is 5.75 Å². The summed E-state index contributed by atoms with van der Waals surface area (Å²) in [6, 6.07) is 5.99. The zero-order chi connectivity index (χ0) is 19.3. The molecule has 1 aliphatic heterocycles. The highest BCUT2D eigenvalue weighted by atomic mass is 32.2. The predicted molar refractivity (Wildman–Crippen MR) is 95.2 cm³/mol. The van der Waals surface area contributed by atoms with Crippen LogP contribution in [0.3, 0.4) is 0 Å². The fourth-order valence-electron chi connectivity index (χ4n) is 2.92. The molecule has 0 saturated carbocycles. The number of benzene rings is 1. The van der Waals surface area contributed by atoms with Gasteiger partial charge in [-0.05, 0) is 30.0 Å². The third-order valence-corrected chi connectivity index (χ3v) is 6.00. The number of carboxylic acids is 1.